The summed E-state index contributed by atoms with van der Waals surface area (Å²) >= 11 is 5.85. The Balaban J connectivity index is 2.32. The molecule has 0 bridgehead atoms. The third-order valence-corrected chi connectivity index (χ3v) is 2.87. The zero-order valence-electron chi connectivity index (χ0n) is 10.7. The van der Waals surface area contributed by atoms with Gasteiger partial charge >= 0.3 is 0 Å². The molecule has 0 spiro atoms. The van der Waals surface area contributed by atoms with E-state index < -0.39 is 11.6 Å². The van der Waals surface area contributed by atoms with Crippen molar-refractivity contribution in [3.63, 3.8) is 0 Å². The summed E-state index contributed by atoms with van der Waals surface area (Å²) in [5.74, 6) is 0.512. The third kappa shape index (κ3) is 3.15. The molecule has 0 aliphatic heterocycles. The van der Waals surface area contributed by atoms with Crippen LogP contribution >= 0.6 is 11.6 Å². The lowest BCUT2D eigenvalue weighted by molar-refractivity contribution is 0.132. The van der Waals surface area contributed by atoms with Crippen LogP contribution < -0.4 is 5.32 Å². The van der Waals surface area contributed by atoms with E-state index in [1.165, 1.54) is 17.3 Å². The van der Waals surface area contributed by atoms with Crippen molar-refractivity contribution >= 4 is 17.5 Å². The van der Waals surface area contributed by atoms with Gasteiger partial charge in [0, 0.05) is 0 Å². The summed E-state index contributed by atoms with van der Waals surface area (Å²) < 4.78 is 1.37. The minimum atomic E-state index is -0.607. The zero-order valence-corrected chi connectivity index (χ0v) is 11.5. The minimum absolute atomic E-state index is 0.0318. The maximum absolute atomic E-state index is 9.67. The van der Waals surface area contributed by atoms with E-state index in [9.17, 15) is 5.11 Å². The molecule has 19 heavy (non-hydrogen) atoms. The molecular weight excluding hydrogens is 270 g/mol. The predicted molar refractivity (Wildman–Crippen MR) is 69.1 cm³/mol. The Morgan fingerprint density at radius 2 is 2.11 bits per heavy atom. The molecule has 2 N–H and O–H groups in total. The molecule has 102 valence electrons. The van der Waals surface area contributed by atoms with Gasteiger partial charge in [0.15, 0.2) is 0 Å². The smallest absolute Gasteiger partial charge is 0.258 e. The molecule has 0 aliphatic carbocycles. The van der Waals surface area contributed by atoms with Gasteiger partial charge in [-0.3, -0.25) is 0 Å². The number of nitrogens with zero attached hydrogens (tertiary/aromatic N) is 6. The maximum atomic E-state index is 9.67. The fraction of sp³-hybridized carbons (Fsp3) is 0.500. The predicted octanol–water partition coefficient (Wildman–Crippen LogP) is 0.677. The number of rotatable bonds is 4. The Morgan fingerprint density at radius 3 is 2.68 bits per heavy atom. The molecule has 9 heteroatoms. The van der Waals surface area contributed by atoms with Crippen LogP contribution in [0.4, 0.5) is 5.95 Å². The molecule has 1 atom stereocenters. The summed E-state index contributed by atoms with van der Waals surface area (Å²) in [5, 5.41) is 16.6. The Morgan fingerprint density at radius 1 is 1.37 bits per heavy atom. The highest BCUT2D eigenvalue weighted by atomic mass is 35.5. The quantitative estimate of drug-likeness (QED) is 0.850. The van der Waals surface area contributed by atoms with Gasteiger partial charge in [0.2, 0.25) is 11.2 Å². The molecule has 2 aromatic heterocycles. The van der Waals surface area contributed by atoms with Gasteiger partial charge in [0.1, 0.15) is 12.7 Å². The minimum Gasteiger partial charge on any atom is -0.391 e. The molecule has 0 saturated carbocycles. The van der Waals surface area contributed by atoms with Crippen molar-refractivity contribution in [3.8, 4) is 5.95 Å². The number of anilines is 1. The zero-order chi connectivity index (χ0) is 14.0. The highest BCUT2D eigenvalue weighted by Gasteiger charge is 2.25. The van der Waals surface area contributed by atoms with Crippen LogP contribution in [-0.4, -0.2) is 46.5 Å². The lowest BCUT2D eigenvalue weighted by Gasteiger charge is -2.29. The van der Waals surface area contributed by atoms with Crippen molar-refractivity contribution in [1.82, 2.24) is 29.7 Å². The van der Waals surface area contributed by atoms with E-state index in [0.717, 1.165) is 0 Å². The molecule has 2 heterocycles. The van der Waals surface area contributed by atoms with E-state index >= 15 is 0 Å². The van der Waals surface area contributed by atoms with Crippen molar-refractivity contribution in [2.75, 3.05) is 5.32 Å². The molecule has 0 saturated heterocycles. The van der Waals surface area contributed by atoms with Crippen LogP contribution in [0.2, 0.25) is 5.28 Å². The van der Waals surface area contributed by atoms with Crippen molar-refractivity contribution in [2.24, 2.45) is 0 Å². The molecule has 8 nitrogen and oxygen atoms in total. The number of nitrogens with one attached hydrogen (secondary N) is 1. The highest BCUT2D eigenvalue weighted by Crippen LogP contribution is 2.17. The van der Waals surface area contributed by atoms with Crippen molar-refractivity contribution in [1.29, 1.82) is 0 Å². The highest BCUT2D eigenvalue weighted by molar-refractivity contribution is 6.28. The van der Waals surface area contributed by atoms with E-state index in [1.807, 2.05) is 13.8 Å². The molecule has 0 amide bonds. The molecule has 0 aromatic carbocycles. The topological polar surface area (TPSA) is 102 Å². The van der Waals surface area contributed by atoms with Crippen LogP contribution in [0.25, 0.3) is 5.95 Å². The Labute approximate surface area is 114 Å². The van der Waals surface area contributed by atoms with E-state index in [-0.39, 0.29) is 17.2 Å². The summed E-state index contributed by atoms with van der Waals surface area (Å²) in [4.78, 5) is 15.9. The van der Waals surface area contributed by atoms with Crippen LogP contribution in [0, 0.1) is 0 Å². The summed E-state index contributed by atoms with van der Waals surface area (Å²) in [6, 6.07) is 0. The summed E-state index contributed by atoms with van der Waals surface area (Å²) in [6.45, 7) is 5.32. The van der Waals surface area contributed by atoms with Gasteiger partial charge in [-0.1, -0.05) is 0 Å². The molecule has 0 aliphatic rings. The number of aliphatic hydroxyl groups is 1. The lowest BCUT2D eigenvalue weighted by Crippen LogP contribution is -2.42. The van der Waals surface area contributed by atoms with E-state index in [1.54, 1.807) is 6.92 Å². The molecule has 1 unspecified atom stereocenters. The van der Waals surface area contributed by atoms with Gasteiger partial charge in [-0.25, -0.2) is 4.98 Å². The Hall–Kier alpha value is -1.80. The van der Waals surface area contributed by atoms with Crippen LogP contribution in [0.1, 0.15) is 20.8 Å². The van der Waals surface area contributed by atoms with E-state index in [4.69, 9.17) is 11.6 Å². The summed E-state index contributed by atoms with van der Waals surface area (Å²) in [6.07, 6.45) is 2.22. The van der Waals surface area contributed by atoms with Gasteiger partial charge in [-0.2, -0.15) is 24.7 Å². The number of halogens is 1. The number of aromatic nitrogens is 6. The molecule has 0 radical (unpaired) electrons. The van der Waals surface area contributed by atoms with Crippen LogP contribution in [0.5, 0.6) is 0 Å². The fourth-order valence-corrected chi connectivity index (χ4v) is 1.36. The van der Waals surface area contributed by atoms with Crippen molar-refractivity contribution in [3.05, 3.63) is 17.9 Å². The lowest BCUT2D eigenvalue weighted by atomic mass is 9.99. The van der Waals surface area contributed by atoms with Gasteiger partial charge in [0.25, 0.3) is 5.95 Å². The van der Waals surface area contributed by atoms with Crippen molar-refractivity contribution in [2.45, 2.75) is 32.4 Å². The second-order valence-corrected chi connectivity index (χ2v) is 4.93. The molecule has 2 rings (SSSR count). The second-order valence-electron chi connectivity index (χ2n) is 4.59. The molecular formula is C10H14ClN7O. The van der Waals surface area contributed by atoms with Gasteiger partial charge in [0.05, 0.1) is 11.6 Å². The normalized spacial score (nSPS) is 13.3. The van der Waals surface area contributed by atoms with Gasteiger partial charge in [-0.05, 0) is 32.4 Å². The van der Waals surface area contributed by atoms with Crippen LogP contribution in [-0.2, 0) is 0 Å². The summed E-state index contributed by atoms with van der Waals surface area (Å²) in [5.41, 5.74) is -0.607. The molecule has 2 aromatic rings. The van der Waals surface area contributed by atoms with Gasteiger partial charge < -0.3 is 10.4 Å². The SMILES string of the molecule is CC(O)C(C)(C)Nc1nc(Cl)nc(-n2cncn2)n1. The first-order chi connectivity index (χ1) is 8.88. The first-order valence-electron chi connectivity index (χ1n) is 5.61. The second kappa shape index (κ2) is 5.06. The Bertz CT molecular complexity index is 555. The standard InChI is InChI=1S/C10H14ClN7O/c1-6(19)10(2,3)17-8-14-7(11)15-9(16-8)18-5-12-4-13-18/h4-6,19H,1-3H3,(H,14,15,16,17). The van der Waals surface area contributed by atoms with Crippen LogP contribution in [0.3, 0.4) is 0 Å². The van der Waals surface area contributed by atoms with Crippen molar-refractivity contribution < 1.29 is 5.11 Å². The number of hydrogen-bond donors (Lipinski definition) is 2. The first-order valence-corrected chi connectivity index (χ1v) is 5.99. The number of aliphatic hydroxyl groups excluding tert-OH is 1. The van der Waals surface area contributed by atoms with Crippen LogP contribution in [0.15, 0.2) is 12.7 Å². The maximum Gasteiger partial charge on any atom is 0.258 e. The molecule has 0 fully saturated rings. The average Bonchev–Trinajstić information content (AvgIpc) is 2.80. The average molecular weight is 284 g/mol. The monoisotopic (exact) mass is 283 g/mol. The largest absolute Gasteiger partial charge is 0.391 e. The first kappa shape index (κ1) is 13.6. The van der Waals surface area contributed by atoms with Gasteiger partial charge in [-0.15, -0.1) is 0 Å². The van der Waals surface area contributed by atoms with E-state index in [0.29, 0.717) is 0 Å². The Kier molecular flexibility index (Phi) is 3.63. The number of hydrogen-bond acceptors (Lipinski definition) is 7. The fourth-order valence-electron chi connectivity index (χ4n) is 1.20. The van der Waals surface area contributed by atoms with E-state index in [2.05, 4.69) is 30.4 Å². The summed E-state index contributed by atoms with van der Waals surface area (Å²) in [7, 11) is 0. The third-order valence-electron chi connectivity index (χ3n) is 2.70.